The summed E-state index contributed by atoms with van der Waals surface area (Å²) in [5.41, 5.74) is 8.92. The number of hydrogen-bond donors (Lipinski definition) is 0. The summed E-state index contributed by atoms with van der Waals surface area (Å²) in [5.74, 6) is 0. The average Bonchev–Trinajstić information content (AvgIpc) is 1.46. The molecule has 2 aliphatic carbocycles. The fraction of sp³-hybridized carbons (Fsp3) is 0.0250. The van der Waals surface area contributed by atoms with E-state index in [2.05, 4.69) is 85.1 Å². The molecule has 0 N–H and O–H groups in total. The third-order valence-electron chi connectivity index (χ3n) is 27.4. The summed E-state index contributed by atoms with van der Waals surface area (Å²) in [5, 5.41) is 88.7. The Morgan fingerprint density at radius 1 is 0.207 bits per heavy atom. The van der Waals surface area contributed by atoms with Gasteiger partial charge in [0.2, 0.25) is 0 Å². The van der Waals surface area contributed by atoms with Crippen molar-refractivity contribution in [2.75, 3.05) is 0 Å². The molecular formula is C80H14N2. The molecule has 0 bridgehead atoms. The van der Waals surface area contributed by atoms with E-state index in [1.165, 1.54) is 66.0 Å². The van der Waals surface area contributed by atoms with Crippen LogP contribution in [0.3, 0.4) is 0 Å². The molecule has 0 saturated carbocycles. The molecule has 0 saturated heterocycles. The van der Waals surface area contributed by atoms with Crippen LogP contribution in [0, 0.1) is 0 Å². The molecule has 1 aromatic heterocycles. The van der Waals surface area contributed by atoms with Gasteiger partial charge in [-0.05, 0) is 336 Å². The van der Waals surface area contributed by atoms with Gasteiger partial charge in [-0.25, -0.2) is 0 Å². The van der Waals surface area contributed by atoms with Gasteiger partial charge in [0.05, 0.1) is 16.8 Å². The Hall–Kier alpha value is -10.5. The zero-order valence-corrected chi connectivity index (χ0v) is 42.0. The molecule has 31 aromatic carbocycles. The number of benzene rings is 21. The maximum Gasteiger partial charge on any atom is 0.155 e. The molecule has 82 heavy (non-hydrogen) atoms. The lowest BCUT2D eigenvalue weighted by Crippen LogP contribution is -2.50. The summed E-state index contributed by atoms with van der Waals surface area (Å²) in [6.45, 7) is 0. The van der Waals surface area contributed by atoms with Crippen LogP contribution in [0.4, 0.5) is 0 Å². The highest BCUT2D eigenvalue weighted by atomic mass is 15.0. The SMILES string of the molecule is c1ccc(C2=NC3(c4ccccn4)c4c5c6c7c8c(c9c%10c3c3c%11c4c4c6c6c%12c7c7c%13c8c8c9c9c%10c%10c3c3c%14c%11c%11c4c6c4c6c%11c%14c%11c%14c3c%10c3c9c9c8c%13c8c%10c7c%12c4c4c6c%11c6c%14c3c9c8c6c%104)C25c2ccccc2)cc1. The number of hydrogen-bond acceptors (Lipinski definition) is 2. The average molecular weight is 1000 g/mol. The van der Waals surface area contributed by atoms with Gasteiger partial charge in [0, 0.05) is 17.3 Å². The monoisotopic (exact) mass is 1000 g/mol. The van der Waals surface area contributed by atoms with Gasteiger partial charge in [0.1, 0.15) is 0 Å². The molecule has 2 unspecified atom stereocenters. The number of aliphatic imine (C=N–C) groups is 1. The Balaban J connectivity index is 1.13. The van der Waals surface area contributed by atoms with Crippen molar-refractivity contribution in [2.45, 2.75) is 11.0 Å². The minimum atomic E-state index is -0.993. The third-order valence-corrected chi connectivity index (χ3v) is 27.4. The topological polar surface area (TPSA) is 25.2 Å². The maximum atomic E-state index is 7.05. The van der Waals surface area contributed by atoms with Gasteiger partial charge in [0.25, 0.3) is 0 Å². The lowest BCUT2D eigenvalue weighted by atomic mass is 9.51. The summed E-state index contributed by atoms with van der Waals surface area (Å²) in [6, 6.07) is 30.6. The van der Waals surface area contributed by atoms with Crippen LogP contribution in [0.2, 0.25) is 0 Å². The van der Waals surface area contributed by atoms with E-state index in [4.69, 9.17) is 9.98 Å². The zero-order valence-electron chi connectivity index (χ0n) is 42.0. The molecule has 35 rings (SSSR count). The van der Waals surface area contributed by atoms with Crippen LogP contribution in [0.15, 0.2) is 90.1 Å². The van der Waals surface area contributed by atoms with Gasteiger partial charge in [-0.3, -0.25) is 9.98 Å². The largest absolute Gasteiger partial charge is 0.265 e. The van der Waals surface area contributed by atoms with Crippen LogP contribution < -0.4 is 0 Å². The standard InChI is InChI=1S/C80H14N2/c1-3-9-15(10-4-1)78-79(16-11-5-2-6-12-16)74-68-60-51-41-32-24-18-19-21-23-22-20(18)28(32)35-37-30(22)34-31(23)38-36-29(21)33-25(19)27-26(24)39-43-40(27)45-42(33)52-48(36)56-50(38)54-46(34)53-49(37)55(47(35)51)66(68)70-64(53)65(54)71-67(56)69-61(52)58(45)63-59(43)62(57(60)44(39)41)72(74)73(63)75(69)80(82-78,77(71)76(70)79)17-13-7-8-14-81-17/h1-14H. The summed E-state index contributed by atoms with van der Waals surface area (Å²) >= 11 is 0. The first-order chi connectivity index (χ1) is 40.9. The highest BCUT2D eigenvalue weighted by molar-refractivity contribution is 6.83. The second-order valence-corrected chi connectivity index (χ2v) is 28.4. The molecule has 32 aromatic rings. The van der Waals surface area contributed by atoms with Crippen molar-refractivity contribution < 1.29 is 0 Å². The molecular weight excluding hydrogens is 989 g/mol. The molecule has 0 spiro atoms. The van der Waals surface area contributed by atoms with E-state index in [9.17, 15) is 0 Å². The fourth-order valence-electron chi connectivity index (χ4n) is 26.7. The minimum absolute atomic E-state index is 0.803. The van der Waals surface area contributed by atoms with Crippen LogP contribution in [0.1, 0.15) is 39.1 Å². The lowest BCUT2D eigenvalue weighted by Gasteiger charge is -2.53. The normalized spacial score (nSPS) is 20.6. The number of fused-ring (bicyclic) bond motifs is 5. The Bertz CT molecular complexity index is 8620. The minimum Gasteiger partial charge on any atom is -0.265 e. The third kappa shape index (κ3) is 1.88. The van der Waals surface area contributed by atoms with Crippen LogP contribution >= 0.6 is 0 Å². The number of aromatic nitrogens is 1. The fourth-order valence-corrected chi connectivity index (χ4v) is 26.7. The van der Waals surface area contributed by atoms with Crippen molar-refractivity contribution in [3.8, 4) is 0 Å². The van der Waals surface area contributed by atoms with Gasteiger partial charge in [-0.15, -0.1) is 0 Å². The van der Waals surface area contributed by atoms with Crippen molar-refractivity contribution in [1.29, 1.82) is 0 Å². The summed E-state index contributed by atoms with van der Waals surface area (Å²) in [4.78, 5) is 12.9. The van der Waals surface area contributed by atoms with Gasteiger partial charge in [-0.1, -0.05) is 66.7 Å². The summed E-state index contributed by atoms with van der Waals surface area (Å²) < 4.78 is 0. The van der Waals surface area contributed by atoms with Crippen LogP contribution in [0.5, 0.6) is 0 Å². The Morgan fingerprint density at radius 3 is 0.805 bits per heavy atom. The zero-order chi connectivity index (χ0) is 49.3. The first-order valence-electron chi connectivity index (χ1n) is 30.0. The Morgan fingerprint density at radius 2 is 0.463 bits per heavy atom. The van der Waals surface area contributed by atoms with Gasteiger partial charge >= 0.3 is 0 Å². The van der Waals surface area contributed by atoms with E-state index < -0.39 is 11.0 Å². The Labute approximate surface area is 449 Å². The molecule has 0 amide bonds. The van der Waals surface area contributed by atoms with Gasteiger partial charge < -0.3 is 0 Å². The molecule has 2 heterocycles. The number of nitrogens with zero attached hydrogens (tertiary/aromatic N) is 2. The van der Waals surface area contributed by atoms with E-state index in [1.807, 2.05) is 0 Å². The van der Waals surface area contributed by atoms with E-state index in [0.717, 1.165) is 5.69 Å². The van der Waals surface area contributed by atoms with E-state index in [-0.39, 0.29) is 0 Å². The second kappa shape index (κ2) is 7.75. The van der Waals surface area contributed by atoms with Crippen LogP contribution in [0.25, 0.3) is 302 Å². The van der Waals surface area contributed by atoms with Gasteiger partial charge in [0.15, 0.2) is 5.54 Å². The molecule has 0 radical (unpaired) electrons. The van der Waals surface area contributed by atoms with Crippen molar-refractivity contribution in [3.63, 3.8) is 0 Å². The highest BCUT2D eigenvalue weighted by Gasteiger charge is 2.64. The Kier molecular flexibility index (Phi) is 3.01. The molecule has 1 aliphatic heterocycles. The van der Waals surface area contributed by atoms with E-state index >= 15 is 0 Å². The number of rotatable bonds is 3. The van der Waals surface area contributed by atoms with Crippen molar-refractivity contribution in [3.05, 3.63) is 124 Å². The van der Waals surface area contributed by atoms with E-state index in [0.29, 0.717) is 0 Å². The first kappa shape index (κ1) is 31.9. The second-order valence-electron chi connectivity index (χ2n) is 28.4. The quantitative estimate of drug-likeness (QED) is 0.162. The molecule has 2 heteroatoms. The van der Waals surface area contributed by atoms with Crippen molar-refractivity contribution in [2.24, 2.45) is 4.99 Å². The molecule has 0 fully saturated rings. The van der Waals surface area contributed by atoms with E-state index in [1.54, 1.807) is 275 Å². The molecule has 2 atom stereocenters. The van der Waals surface area contributed by atoms with Crippen LogP contribution in [-0.2, 0) is 11.0 Å². The number of pyridine rings is 1. The molecule has 344 valence electrons. The molecule has 2 nitrogen and oxygen atoms in total. The van der Waals surface area contributed by atoms with Gasteiger partial charge in [-0.2, -0.15) is 0 Å². The first-order valence-corrected chi connectivity index (χ1v) is 30.0. The van der Waals surface area contributed by atoms with Crippen molar-refractivity contribution in [1.82, 2.24) is 4.98 Å². The highest BCUT2D eigenvalue weighted by Crippen LogP contribution is 2.82. The lowest BCUT2D eigenvalue weighted by molar-refractivity contribution is 0.599. The predicted molar refractivity (Wildman–Crippen MR) is 344 cm³/mol. The maximum absolute atomic E-state index is 7.05. The predicted octanol–water partition coefficient (Wildman–Crippen LogP) is 20.8. The smallest absolute Gasteiger partial charge is 0.155 e. The molecule has 3 aliphatic rings. The van der Waals surface area contributed by atoms with Crippen LogP contribution in [-0.4, -0.2) is 10.7 Å². The van der Waals surface area contributed by atoms with Crippen molar-refractivity contribution >= 4 is 307 Å². The summed E-state index contributed by atoms with van der Waals surface area (Å²) in [7, 11) is 0. The summed E-state index contributed by atoms with van der Waals surface area (Å²) in [6.07, 6.45) is 2.10.